The topological polar surface area (TPSA) is 25.8 Å². The van der Waals surface area contributed by atoms with Gasteiger partial charge in [-0.15, -0.1) is 0 Å². The molecule has 0 atom stereocenters. The van der Waals surface area contributed by atoms with E-state index in [1.807, 2.05) is 6.07 Å². The highest BCUT2D eigenvalue weighted by Gasteiger charge is 2.39. The van der Waals surface area contributed by atoms with Crippen LogP contribution in [0.1, 0.15) is 25.0 Å². The molecular formula is C55H38N2. The van der Waals surface area contributed by atoms with Gasteiger partial charge in [0.1, 0.15) is 0 Å². The van der Waals surface area contributed by atoms with E-state index in [1.165, 1.54) is 76.8 Å². The molecule has 10 aromatic rings. The monoisotopic (exact) mass is 726 g/mol. The molecule has 0 radical (unpaired) electrons. The van der Waals surface area contributed by atoms with Crippen LogP contribution in [0.25, 0.3) is 99.6 Å². The Morgan fingerprint density at radius 1 is 0.316 bits per heavy atom. The molecule has 0 saturated heterocycles. The molecule has 1 aromatic heterocycles. The first kappa shape index (κ1) is 33.2. The lowest BCUT2D eigenvalue weighted by Gasteiger charge is -2.26. The molecule has 1 aliphatic rings. The lowest BCUT2D eigenvalue weighted by Crippen LogP contribution is -2.17. The Morgan fingerprint density at radius 3 is 1.65 bits per heavy atom. The van der Waals surface area contributed by atoms with E-state index in [4.69, 9.17) is 9.97 Å². The van der Waals surface area contributed by atoms with Crippen LogP contribution in [0.2, 0.25) is 0 Å². The molecule has 1 heterocycles. The fraction of sp³-hybridized carbons (Fsp3) is 0.0545. The maximum atomic E-state index is 5.27. The van der Waals surface area contributed by atoms with Crippen LogP contribution in [0, 0.1) is 0 Å². The zero-order chi connectivity index (χ0) is 38.1. The molecule has 0 bridgehead atoms. The van der Waals surface area contributed by atoms with Crippen LogP contribution in [0.15, 0.2) is 194 Å². The van der Waals surface area contributed by atoms with E-state index in [2.05, 4.69) is 202 Å². The van der Waals surface area contributed by atoms with Gasteiger partial charge in [0.2, 0.25) is 0 Å². The minimum atomic E-state index is -0.183. The Bertz CT molecular complexity index is 3190. The maximum Gasteiger partial charge on any atom is 0.160 e. The number of rotatable bonds is 5. The zero-order valence-electron chi connectivity index (χ0n) is 31.9. The predicted molar refractivity (Wildman–Crippen MR) is 239 cm³/mol. The second-order valence-corrected chi connectivity index (χ2v) is 15.7. The van der Waals surface area contributed by atoms with Gasteiger partial charge in [-0.2, -0.15) is 0 Å². The predicted octanol–water partition coefficient (Wildman–Crippen LogP) is 14.6. The van der Waals surface area contributed by atoms with Crippen LogP contribution in [-0.4, -0.2) is 9.97 Å². The minimum Gasteiger partial charge on any atom is -0.228 e. The van der Waals surface area contributed by atoms with Crippen molar-refractivity contribution in [1.82, 2.24) is 9.97 Å². The summed E-state index contributed by atoms with van der Waals surface area (Å²) in [5.74, 6) is 0.711. The highest BCUT2D eigenvalue weighted by Crippen LogP contribution is 2.55. The summed E-state index contributed by atoms with van der Waals surface area (Å²) in [4.78, 5) is 10.4. The molecule has 2 nitrogen and oxygen atoms in total. The summed E-state index contributed by atoms with van der Waals surface area (Å²) in [6.45, 7) is 4.79. The van der Waals surface area contributed by atoms with Crippen molar-refractivity contribution in [1.29, 1.82) is 0 Å². The van der Waals surface area contributed by atoms with Crippen molar-refractivity contribution >= 4 is 32.3 Å². The third-order valence-corrected chi connectivity index (χ3v) is 12.0. The lowest BCUT2D eigenvalue weighted by atomic mass is 9.77. The van der Waals surface area contributed by atoms with Crippen molar-refractivity contribution in [2.45, 2.75) is 19.3 Å². The Kier molecular flexibility index (Phi) is 7.55. The molecule has 268 valence electrons. The quantitative estimate of drug-likeness (QED) is 0.176. The number of aromatic nitrogens is 2. The fourth-order valence-electron chi connectivity index (χ4n) is 9.38. The van der Waals surface area contributed by atoms with Crippen molar-refractivity contribution in [2.75, 3.05) is 0 Å². The Labute approximate surface area is 332 Å². The molecule has 0 fully saturated rings. The van der Waals surface area contributed by atoms with Gasteiger partial charge in [0.25, 0.3) is 0 Å². The van der Waals surface area contributed by atoms with E-state index >= 15 is 0 Å². The van der Waals surface area contributed by atoms with Crippen molar-refractivity contribution in [3.8, 4) is 67.3 Å². The number of benzene rings is 9. The smallest absolute Gasteiger partial charge is 0.160 e. The molecule has 2 heteroatoms. The minimum absolute atomic E-state index is 0.183. The summed E-state index contributed by atoms with van der Waals surface area (Å²) in [5.41, 5.74) is 15.1. The average molecular weight is 727 g/mol. The van der Waals surface area contributed by atoms with Crippen LogP contribution in [0.3, 0.4) is 0 Å². The first-order valence-corrected chi connectivity index (χ1v) is 19.7. The van der Waals surface area contributed by atoms with Crippen molar-refractivity contribution in [2.24, 2.45) is 0 Å². The number of fused-ring (bicyclic) bond motifs is 7. The van der Waals surface area contributed by atoms with E-state index in [9.17, 15) is 0 Å². The molecule has 9 aromatic carbocycles. The largest absolute Gasteiger partial charge is 0.228 e. The second kappa shape index (κ2) is 13.0. The summed E-state index contributed by atoms with van der Waals surface area (Å²) in [6.07, 6.45) is 0. The van der Waals surface area contributed by atoms with Gasteiger partial charge in [-0.3, -0.25) is 0 Å². The number of hydrogen-bond donors (Lipinski definition) is 0. The Hall–Kier alpha value is -7.16. The molecule has 0 saturated carbocycles. The first-order chi connectivity index (χ1) is 28.0. The first-order valence-electron chi connectivity index (χ1n) is 19.7. The fourth-order valence-corrected chi connectivity index (χ4v) is 9.38. The Morgan fingerprint density at radius 2 is 0.860 bits per heavy atom. The number of nitrogens with zero attached hydrogens (tertiary/aromatic N) is 2. The third-order valence-electron chi connectivity index (χ3n) is 12.0. The SMILES string of the molecule is CC1(C)c2c(cccc2-c2ccc(-c3cc(-c4ccc(-c5ccc6ccccc6c5)cc4)nc(-c4ccccc4)n3)c3ccccc23)-c2ccc3ccccc3c21. The Balaban J connectivity index is 1.05. The van der Waals surface area contributed by atoms with Gasteiger partial charge < -0.3 is 0 Å². The molecular weight excluding hydrogens is 689 g/mol. The van der Waals surface area contributed by atoms with Gasteiger partial charge >= 0.3 is 0 Å². The molecule has 1 aliphatic carbocycles. The van der Waals surface area contributed by atoms with Crippen LogP contribution in [-0.2, 0) is 5.41 Å². The maximum absolute atomic E-state index is 5.27. The van der Waals surface area contributed by atoms with Crippen LogP contribution < -0.4 is 0 Å². The van der Waals surface area contributed by atoms with Crippen LogP contribution >= 0.6 is 0 Å². The lowest BCUT2D eigenvalue weighted by molar-refractivity contribution is 0.668. The second-order valence-electron chi connectivity index (χ2n) is 15.7. The van der Waals surface area contributed by atoms with Crippen LogP contribution in [0.4, 0.5) is 0 Å². The van der Waals surface area contributed by atoms with Crippen molar-refractivity contribution in [3.05, 3.63) is 205 Å². The van der Waals surface area contributed by atoms with Crippen LogP contribution in [0.5, 0.6) is 0 Å². The molecule has 0 unspecified atom stereocenters. The molecule has 11 rings (SSSR count). The number of hydrogen-bond acceptors (Lipinski definition) is 2. The average Bonchev–Trinajstić information content (AvgIpc) is 3.52. The normalized spacial score (nSPS) is 12.9. The summed E-state index contributed by atoms with van der Waals surface area (Å²) < 4.78 is 0. The zero-order valence-corrected chi connectivity index (χ0v) is 31.9. The molecule has 0 spiro atoms. The third kappa shape index (κ3) is 5.40. The summed E-state index contributed by atoms with van der Waals surface area (Å²) in [5, 5.41) is 7.48. The summed E-state index contributed by atoms with van der Waals surface area (Å²) >= 11 is 0. The highest BCUT2D eigenvalue weighted by atomic mass is 14.9. The van der Waals surface area contributed by atoms with Crippen molar-refractivity contribution in [3.63, 3.8) is 0 Å². The standard InChI is InChI=1S/C55H38N2/c1-55(2)52-42-18-9-8-14-37(42)29-30-49(52)48-22-12-21-47(53(48)55)45-31-32-46(44-20-11-10-19-43(44)45)51-34-50(56-54(57-51)39-15-4-3-5-16-39)38-26-23-36(24-27-38)41-28-25-35-13-6-7-17-40(35)33-41/h3-34H,1-2H3. The summed E-state index contributed by atoms with van der Waals surface area (Å²) in [7, 11) is 0. The van der Waals surface area contributed by atoms with E-state index < -0.39 is 0 Å². The van der Waals surface area contributed by atoms with Gasteiger partial charge in [-0.25, -0.2) is 9.97 Å². The molecule has 0 amide bonds. The molecule has 57 heavy (non-hydrogen) atoms. The van der Waals surface area contributed by atoms with E-state index in [1.54, 1.807) is 0 Å². The van der Waals surface area contributed by atoms with E-state index in [0.29, 0.717) is 5.82 Å². The highest BCUT2D eigenvalue weighted by molar-refractivity contribution is 6.07. The van der Waals surface area contributed by atoms with Gasteiger partial charge in [0.15, 0.2) is 5.82 Å². The van der Waals surface area contributed by atoms with Gasteiger partial charge in [-0.1, -0.05) is 196 Å². The van der Waals surface area contributed by atoms with Gasteiger partial charge in [0, 0.05) is 22.1 Å². The molecule has 0 aliphatic heterocycles. The summed E-state index contributed by atoms with van der Waals surface area (Å²) in [6, 6.07) is 70.1. The van der Waals surface area contributed by atoms with E-state index in [0.717, 1.165) is 28.1 Å². The van der Waals surface area contributed by atoms with Gasteiger partial charge in [0.05, 0.1) is 11.4 Å². The van der Waals surface area contributed by atoms with Gasteiger partial charge in [-0.05, 0) is 89.0 Å². The molecule has 0 N–H and O–H groups in total. The van der Waals surface area contributed by atoms with Crippen molar-refractivity contribution < 1.29 is 0 Å². The van der Waals surface area contributed by atoms with E-state index in [-0.39, 0.29) is 5.41 Å².